The predicted octanol–water partition coefficient (Wildman–Crippen LogP) is 2.01. The van der Waals surface area contributed by atoms with E-state index in [9.17, 15) is 0 Å². The van der Waals surface area contributed by atoms with Crippen LogP contribution < -0.4 is 5.32 Å². The summed E-state index contributed by atoms with van der Waals surface area (Å²) in [6.45, 7) is 11.6. The fourth-order valence-corrected chi connectivity index (χ4v) is 1.49. The van der Waals surface area contributed by atoms with Crippen LogP contribution in [0.4, 0.5) is 0 Å². The van der Waals surface area contributed by atoms with E-state index in [2.05, 4.69) is 55.1 Å². The molecule has 3 heteroatoms. The number of hydrogen-bond donors (Lipinski definition) is 1. The highest BCUT2D eigenvalue weighted by Gasteiger charge is 2.19. The molecule has 1 saturated heterocycles. The summed E-state index contributed by atoms with van der Waals surface area (Å²) in [6.07, 6.45) is 5.52. The molecule has 1 aliphatic heterocycles. The Morgan fingerprint density at radius 1 is 1.40 bits per heavy atom. The van der Waals surface area contributed by atoms with E-state index in [-0.39, 0.29) is 5.54 Å². The maximum absolute atomic E-state index is 4.67. The number of guanidine groups is 1. The molecular weight excluding hydrogens is 186 g/mol. The van der Waals surface area contributed by atoms with E-state index in [1.165, 1.54) is 0 Å². The van der Waals surface area contributed by atoms with Crippen LogP contribution in [0.3, 0.4) is 0 Å². The van der Waals surface area contributed by atoms with Gasteiger partial charge in [0.1, 0.15) is 0 Å². The van der Waals surface area contributed by atoms with Crippen LogP contribution in [0.2, 0.25) is 0 Å². The molecule has 0 aromatic heterocycles. The highest BCUT2D eigenvalue weighted by molar-refractivity contribution is 5.82. The molecule has 1 N–H and O–H groups in total. The summed E-state index contributed by atoms with van der Waals surface area (Å²) in [7, 11) is 0. The van der Waals surface area contributed by atoms with Gasteiger partial charge in [0.25, 0.3) is 0 Å². The van der Waals surface area contributed by atoms with Crippen molar-refractivity contribution in [3.05, 3.63) is 12.2 Å². The Balaban J connectivity index is 2.57. The molecule has 0 radical (unpaired) electrons. The summed E-state index contributed by atoms with van der Waals surface area (Å²) in [5.74, 6) is 1.04. The van der Waals surface area contributed by atoms with Crippen LogP contribution in [-0.2, 0) is 0 Å². The van der Waals surface area contributed by atoms with Crippen LogP contribution in [0.15, 0.2) is 17.1 Å². The van der Waals surface area contributed by atoms with Crippen LogP contribution in [0.5, 0.6) is 0 Å². The fraction of sp³-hybridized carbons (Fsp3) is 0.750. The zero-order chi connectivity index (χ0) is 11.3. The van der Waals surface area contributed by atoms with Gasteiger partial charge in [-0.15, -0.1) is 0 Å². The standard InChI is InChI=1S/C12H23N3/c1-5-6-7-9-15-10-8-13-11(15)14-12(2,3)4/h6-7H,5,8-10H2,1-4H3,(H,13,14)/b7-6+. The molecule has 1 heterocycles. The number of nitrogens with zero attached hydrogens (tertiary/aromatic N) is 2. The Morgan fingerprint density at radius 3 is 2.73 bits per heavy atom. The summed E-state index contributed by atoms with van der Waals surface area (Å²) in [5.41, 5.74) is -0.000601. The second-order valence-corrected chi connectivity index (χ2v) is 4.86. The molecule has 3 nitrogen and oxygen atoms in total. The number of nitrogens with one attached hydrogen (secondary N) is 1. The van der Waals surface area contributed by atoms with Crippen LogP contribution in [0.1, 0.15) is 34.1 Å². The van der Waals surface area contributed by atoms with Gasteiger partial charge >= 0.3 is 0 Å². The average Bonchev–Trinajstić information content (AvgIpc) is 2.50. The molecule has 15 heavy (non-hydrogen) atoms. The van der Waals surface area contributed by atoms with E-state index in [4.69, 9.17) is 0 Å². The molecule has 0 bridgehead atoms. The van der Waals surface area contributed by atoms with Crippen molar-refractivity contribution < 1.29 is 0 Å². The zero-order valence-corrected chi connectivity index (χ0v) is 10.4. The molecule has 0 spiro atoms. The van der Waals surface area contributed by atoms with Gasteiger partial charge in [-0.2, -0.15) is 0 Å². The minimum atomic E-state index is -0.000601. The van der Waals surface area contributed by atoms with Crippen molar-refractivity contribution in [3.8, 4) is 0 Å². The molecule has 1 fully saturated rings. The van der Waals surface area contributed by atoms with Crippen molar-refractivity contribution in [1.82, 2.24) is 10.2 Å². The monoisotopic (exact) mass is 209 g/mol. The molecule has 0 saturated carbocycles. The maximum atomic E-state index is 4.67. The molecule has 0 aromatic carbocycles. The summed E-state index contributed by atoms with van der Waals surface area (Å²) >= 11 is 0. The number of allylic oxidation sites excluding steroid dienone is 1. The van der Waals surface area contributed by atoms with E-state index in [1.54, 1.807) is 0 Å². The largest absolute Gasteiger partial charge is 0.354 e. The van der Waals surface area contributed by atoms with Gasteiger partial charge in [0.2, 0.25) is 0 Å². The smallest absolute Gasteiger partial charge is 0.194 e. The lowest BCUT2D eigenvalue weighted by molar-refractivity contribution is 0.493. The van der Waals surface area contributed by atoms with Gasteiger partial charge in [-0.3, -0.25) is 0 Å². The van der Waals surface area contributed by atoms with Crippen LogP contribution in [0.25, 0.3) is 0 Å². The van der Waals surface area contributed by atoms with Crippen LogP contribution >= 0.6 is 0 Å². The second kappa shape index (κ2) is 5.19. The quantitative estimate of drug-likeness (QED) is 0.720. The Bertz CT molecular complexity index is 248. The lowest BCUT2D eigenvalue weighted by Gasteiger charge is -2.20. The van der Waals surface area contributed by atoms with E-state index < -0.39 is 0 Å². The average molecular weight is 209 g/mol. The normalized spacial score (nSPS) is 20.3. The summed E-state index contributed by atoms with van der Waals surface area (Å²) in [6, 6.07) is 0. The van der Waals surface area contributed by atoms with Gasteiger partial charge in [-0.1, -0.05) is 19.1 Å². The lowest BCUT2D eigenvalue weighted by Crippen LogP contribution is -2.33. The third-order valence-electron chi connectivity index (χ3n) is 2.13. The SMILES string of the molecule is CC/C=C/CN1CCNC1=NC(C)(C)C. The molecule has 1 rings (SSSR count). The Kier molecular flexibility index (Phi) is 4.18. The molecule has 0 amide bonds. The van der Waals surface area contributed by atoms with Crippen LogP contribution in [-0.4, -0.2) is 36.0 Å². The van der Waals surface area contributed by atoms with Crippen molar-refractivity contribution in [2.24, 2.45) is 4.99 Å². The summed E-state index contributed by atoms with van der Waals surface area (Å²) in [5, 5.41) is 3.33. The zero-order valence-electron chi connectivity index (χ0n) is 10.4. The third-order valence-corrected chi connectivity index (χ3v) is 2.13. The third kappa shape index (κ3) is 4.36. The molecule has 86 valence electrons. The Hall–Kier alpha value is -0.990. The minimum absolute atomic E-state index is 0.000601. The van der Waals surface area contributed by atoms with Gasteiger partial charge in [0.15, 0.2) is 5.96 Å². The van der Waals surface area contributed by atoms with Crippen molar-refractivity contribution in [2.75, 3.05) is 19.6 Å². The number of hydrogen-bond acceptors (Lipinski definition) is 1. The first-order chi connectivity index (χ1) is 7.03. The molecular formula is C12H23N3. The van der Waals surface area contributed by atoms with Crippen molar-refractivity contribution in [2.45, 2.75) is 39.7 Å². The molecule has 1 aliphatic rings. The highest BCUT2D eigenvalue weighted by Crippen LogP contribution is 2.09. The lowest BCUT2D eigenvalue weighted by atomic mass is 10.1. The fourth-order valence-electron chi connectivity index (χ4n) is 1.49. The predicted molar refractivity (Wildman–Crippen MR) is 66.2 cm³/mol. The second-order valence-electron chi connectivity index (χ2n) is 4.86. The van der Waals surface area contributed by atoms with E-state index in [0.717, 1.165) is 32.0 Å². The molecule has 0 aromatic rings. The molecule has 0 aliphatic carbocycles. The number of aliphatic imine (C=N–C) groups is 1. The Labute approximate surface area is 93.3 Å². The molecule has 0 unspecified atom stereocenters. The van der Waals surface area contributed by atoms with Gasteiger partial charge in [0, 0.05) is 19.6 Å². The molecule has 0 atom stereocenters. The summed E-state index contributed by atoms with van der Waals surface area (Å²) < 4.78 is 0. The first-order valence-electron chi connectivity index (χ1n) is 5.76. The first-order valence-corrected chi connectivity index (χ1v) is 5.76. The van der Waals surface area contributed by atoms with Gasteiger partial charge in [-0.05, 0) is 27.2 Å². The van der Waals surface area contributed by atoms with E-state index >= 15 is 0 Å². The van der Waals surface area contributed by atoms with Crippen molar-refractivity contribution in [1.29, 1.82) is 0 Å². The van der Waals surface area contributed by atoms with E-state index in [1.807, 2.05) is 0 Å². The first kappa shape index (κ1) is 12.1. The van der Waals surface area contributed by atoms with Crippen molar-refractivity contribution >= 4 is 5.96 Å². The van der Waals surface area contributed by atoms with Gasteiger partial charge in [-0.25, -0.2) is 4.99 Å². The van der Waals surface area contributed by atoms with Crippen molar-refractivity contribution in [3.63, 3.8) is 0 Å². The van der Waals surface area contributed by atoms with E-state index in [0.29, 0.717) is 0 Å². The topological polar surface area (TPSA) is 27.6 Å². The van der Waals surface area contributed by atoms with Gasteiger partial charge < -0.3 is 10.2 Å². The van der Waals surface area contributed by atoms with Gasteiger partial charge in [0.05, 0.1) is 5.54 Å². The summed E-state index contributed by atoms with van der Waals surface area (Å²) in [4.78, 5) is 6.96. The highest BCUT2D eigenvalue weighted by atomic mass is 15.3. The minimum Gasteiger partial charge on any atom is -0.354 e. The Morgan fingerprint density at radius 2 is 2.13 bits per heavy atom. The number of rotatable bonds is 3. The van der Waals surface area contributed by atoms with Crippen LogP contribution in [0, 0.1) is 0 Å². The maximum Gasteiger partial charge on any atom is 0.194 e.